The smallest absolute Gasteiger partial charge is 0.114 e. The lowest BCUT2D eigenvalue weighted by molar-refractivity contribution is -0.639. The van der Waals surface area contributed by atoms with Gasteiger partial charge >= 0.3 is 0 Å². The molecule has 1 heterocycles. The van der Waals surface area contributed by atoms with Gasteiger partial charge in [-0.1, -0.05) is 0 Å². The van der Waals surface area contributed by atoms with E-state index in [1.54, 1.807) is 0 Å². The maximum Gasteiger partial charge on any atom is 0.114 e. The summed E-state index contributed by atoms with van der Waals surface area (Å²) in [5, 5.41) is 2.19. The standard InChI is InChI=1S/C7H15NO.H3N.H2O4S/c1-7(6-8-2)4-3-5-9-7;;1-5(2,3)4/h8H,3-6H2,1-2H3;1H3;(H2,1,2,3,4). The van der Waals surface area contributed by atoms with Crippen LogP contribution in [0.1, 0.15) is 19.8 Å². The van der Waals surface area contributed by atoms with Crippen molar-refractivity contribution in [2.75, 3.05) is 20.2 Å². The molecule has 0 radical (unpaired) electrons. The topological polar surface area (TPSA) is 143 Å². The van der Waals surface area contributed by atoms with Crippen molar-refractivity contribution in [1.29, 1.82) is 0 Å². The first-order valence-corrected chi connectivity index (χ1v) is 5.69. The van der Waals surface area contributed by atoms with Gasteiger partial charge in [0.2, 0.25) is 0 Å². The fraction of sp³-hybridized carbons (Fsp3) is 1.00. The number of nitrogens with two attached hydrogens (primary N) is 1. The Morgan fingerprint density at radius 2 is 1.93 bits per heavy atom. The Morgan fingerprint density at radius 3 is 2.20 bits per heavy atom. The number of likely N-dealkylation sites (N-methyl/N-ethyl adjacent to an activating group) is 1. The largest absolute Gasteiger partial charge is 0.759 e. The molecule has 1 aliphatic rings. The van der Waals surface area contributed by atoms with Crippen molar-refractivity contribution in [2.24, 2.45) is 0 Å². The van der Waals surface area contributed by atoms with Crippen molar-refractivity contribution in [2.45, 2.75) is 25.4 Å². The zero-order chi connectivity index (χ0) is 11.2. The lowest BCUT2D eigenvalue weighted by atomic mass is 10.0. The van der Waals surface area contributed by atoms with Crippen molar-refractivity contribution in [3.63, 3.8) is 0 Å². The molecule has 1 fully saturated rings. The Balaban J connectivity index is 0. The van der Waals surface area contributed by atoms with Crippen LogP contribution in [0.2, 0.25) is 0 Å². The maximum atomic E-state index is 8.52. The van der Waals surface area contributed by atoms with Crippen molar-refractivity contribution >= 4 is 10.4 Å². The zero-order valence-corrected chi connectivity index (χ0v) is 10.2. The van der Waals surface area contributed by atoms with Gasteiger partial charge in [-0.25, -0.2) is 0 Å². The molecular formula is C7H20N2O5S. The van der Waals surface area contributed by atoms with E-state index < -0.39 is 10.4 Å². The summed E-state index contributed by atoms with van der Waals surface area (Å²) in [4.78, 5) is 0. The van der Waals surface area contributed by atoms with Crippen molar-refractivity contribution in [3.05, 3.63) is 0 Å². The summed E-state index contributed by atoms with van der Waals surface area (Å²) in [7, 11) is -3.08. The second-order valence-electron chi connectivity index (χ2n) is 3.42. The van der Waals surface area contributed by atoms with E-state index in [4.69, 9.17) is 22.3 Å². The van der Waals surface area contributed by atoms with Gasteiger partial charge in [0, 0.05) is 17.0 Å². The quantitative estimate of drug-likeness (QED) is 0.462. The van der Waals surface area contributed by atoms with Gasteiger partial charge in [-0.2, -0.15) is 0 Å². The van der Waals surface area contributed by atoms with Gasteiger partial charge in [0.1, 0.15) is 12.1 Å². The van der Waals surface area contributed by atoms with Gasteiger partial charge in [-0.15, -0.1) is 0 Å². The van der Waals surface area contributed by atoms with Crippen LogP contribution in [0.15, 0.2) is 0 Å². The third kappa shape index (κ3) is 11.7. The Morgan fingerprint density at radius 1 is 1.47 bits per heavy atom. The van der Waals surface area contributed by atoms with Crippen LogP contribution >= 0.6 is 0 Å². The molecule has 0 aliphatic carbocycles. The number of rotatable bonds is 2. The molecule has 0 amide bonds. The molecule has 1 atom stereocenters. The summed E-state index contributed by atoms with van der Waals surface area (Å²) in [6, 6.07) is 0. The summed E-state index contributed by atoms with van der Waals surface area (Å²) in [6.07, 6.45) is 2.47. The van der Waals surface area contributed by atoms with Crippen LogP contribution in [-0.2, 0) is 15.1 Å². The number of quaternary nitrogens is 2. The summed E-state index contributed by atoms with van der Waals surface area (Å²) in [5.74, 6) is 0. The van der Waals surface area contributed by atoms with Crippen molar-refractivity contribution < 1.29 is 27.6 Å². The molecule has 94 valence electrons. The molecule has 8 heteroatoms. The molecule has 0 aromatic rings. The second-order valence-corrected chi connectivity index (χ2v) is 4.24. The molecule has 6 N–H and O–H groups in total. The number of ether oxygens (including phenoxy) is 1. The Bertz CT molecular complexity index is 240. The molecule has 7 nitrogen and oxygen atoms in total. The van der Waals surface area contributed by atoms with Crippen LogP contribution in [-0.4, -0.2) is 43.3 Å². The van der Waals surface area contributed by atoms with E-state index in [0.29, 0.717) is 0 Å². The van der Waals surface area contributed by atoms with Gasteiger partial charge in [0.05, 0.1) is 7.05 Å². The number of hydrogen-bond donors (Lipinski definition) is 2. The van der Waals surface area contributed by atoms with E-state index in [0.717, 1.165) is 13.2 Å². The summed E-state index contributed by atoms with van der Waals surface area (Å²) in [6.45, 7) is 4.26. The van der Waals surface area contributed by atoms with E-state index in [1.807, 2.05) is 0 Å². The Hall–Kier alpha value is -0.250. The highest BCUT2D eigenvalue weighted by Crippen LogP contribution is 2.22. The summed E-state index contributed by atoms with van der Waals surface area (Å²) in [5.41, 5.74) is 0.189. The zero-order valence-electron chi connectivity index (χ0n) is 9.36. The summed E-state index contributed by atoms with van der Waals surface area (Å²) >= 11 is 0. The lowest BCUT2D eigenvalue weighted by Gasteiger charge is -2.19. The average Bonchev–Trinajstić information content (AvgIpc) is 2.33. The fourth-order valence-electron chi connectivity index (χ4n) is 1.43. The van der Waals surface area contributed by atoms with E-state index in [2.05, 4.69) is 19.3 Å². The summed E-state index contributed by atoms with van der Waals surface area (Å²) < 4.78 is 39.6. The minimum absolute atomic E-state index is 0. The first-order valence-electron chi connectivity index (χ1n) is 4.35. The highest BCUT2D eigenvalue weighted by atomic mass is 32.3. The molecule has 1 aliphatic heterocycles. The van der Waals surface area contributed by atoms with Crippen LogP contribution in [0.4, 0.5) is 0 Å². The normalized spacial score (nSPS) is 25.1. The molecule has 1 unspecified atom stereocenters. The van der Waals surface area contributed by atoms with Crippen LogP contribution in [0.3, 0.4) is 0 Å². The van der Waals surface area contributed by atoms with Crippen LogP contribution in [0, 0.1) is 0 Å². The van der Waals surface area contributed by atoms with E-state index in [-0.39, 0.29) is 11.8 Å². The fourth-order valence-corrected chi connectivity index (χ4v) is 1.43. The predicted octanol–water partition coefficient (Wildman–Crippen LogP) is -1.21. The molecule has 15 heavy (non-hydrogen) atoms. The third-order valence-electron chi connectivity index (χ3n) is 1.94. The van der Waals surface area contributed by atoms with Crippen molar-refractivity contribution in [3.8, 4) is 0 Å². The molecule has 0 saturated carbocycles. The SMILES string of the molecule is C[NH2+]CC1(C)CCCO1.O=S(=O)([O-])[O-].[NH4+]. The molecular weight excluding hydrogens is 224 g/mol. The average molecular weight is 244 g/mol. The first kappa shape index (κ1) is 17.2. The highest BCUT2D eigenvalue weighted by molar-refractivity contribution is 7.79. The monoisotopic (exact) mass is 244 g/mol. The minimum atomic E-state index is -5.17. The molecule has 0 aromatic heterocycles. The van der Waals surface area contributed by atoms with Crippen LogP contribution in [0.5, 0.6) is 0 Å². The third-order valence-corrected chi connectivity index (χ3v) is 1.94. The Kier molecular flexibility index (Phi) is 8.11. The van der Waals surface area contributed by atoms with E-state index in [9.17, 15) is 0 Å². The molecule has 0 bridgehead atoms. The van der Waals surface area contributed by atoms with Crippen LogP contribution < -0.4 is 11.5 Å². The predicted molar refractivity (Wildman–Crippen MR) is 52.8 cm³/mol. The molecule has 1 saturated heterocycles. The van der Waals surface area contributed by atoms with Gasteiger partial charge in [0.15, 0.2) is 0 Å². The highest BCUT2D eigenvalue weighted by Gasteiger charge is 2.30. The molecule has 0 aromatic carbocycles. The van der Waals surface area contributed by atoms with Gasteiger partial charge in [0.25, 0.3) is 0 Å². The first-order chi connectivity index (χ1) is 6.27. The van der Waals surface area contributed by atoms with E-state index >= 15 is 0 Å². The minimum Gasteiger partial charge on any atom is -0.759 e. The van der Waals surface area contributed by atoms with E-state index in [1.165, 1.54) is 12.8 Å². The Labute approximate surface area is 90.4 Å². The lowest BCUT2D eigenvalue weighted by Crippen LogP contribution is -2.84. The van der Waals surface area contributed by atoms with Gasteiger partial charge in [-0.05, 0) is 19.8 Å². The second kappa shape index (κ2) is 7.09. The van der Waals surface area contributed by atoms with Crippen LogP contribution in [0.25, 0.3) is 0 Å². The number of hydrogen-bond acceptors (Lipinski definition) is 5. The van der Waals surface area contributed by atoms with Crippen molar-refractivity contribution in [1.82, 2.24) is 6.15 Å². The maximum absolute atomic E-state index is 8.52. The molecule has 0 spiro atoms. The molecule has 1 rings (SSSR count). The van der Waals surface area contributed by atoms with Gasteiger partial charge in [-0.3, -0.25) is 8.42 Å². The van der Waals surface area contributed by atoms with Gasteiger partial charge < -0.3 is 25.3 Å².